The van der Waals surface area contributed by atoms with Gasteiger partial charge in [0.2, 0.25) is 11.8 Å². The standard InChI is InChI=1S/C18H20FN5O2/c19-15-5-3-13(4-6-15)10-17(25)22-23-18(26)14-2-1-9-24(12-14)16-11-20-7-8-21-16/h3-8,11,14H,1-2,9-10,12H2,(H,22,25)(H,23,26). The van der Waals surface area contributed by atoms with Crippen LogP contribution in [0.15, 0.2) is 42.9 Å². The van der Waals surface area contributed by atoms with E-state index in [0.717, 1.165) is 25.2 Å². The predicted molar refractivity (Wildman–Crippen MR) is 93.4 cm³/mol. The zero-order valence-electron chi connectivity index (χ0n) is 14.2. The monoisotopic (exact) mass is 357 g/mol. The van der Waals surface area contributed by atoms with Gasteiger partial charge in [0.1, 0.15) is 11.6 Å². The second-order valence-electron chi connectivity index (χ2n) is 6.19. The first-order valence-corrected chi connectivity index (χ1v) is 8.46. The molecule has 1 atom stereocenters. The van der Waals surface area contributed by atoms with Crippen LogP contribution in [-0.2, 0) is 16.0 Å². The second kappa shape index (κ2) is 8.37. The highest BCUT2D eigenvalue weighted by molar-refractivity contribution is 5.84. The van der Waals surface area contributed by atoms with Crippen molar-refractivity contribution < 1.29 is 14.0 Å². The van der Waals surface area contributed by atoms with Gasteiger partial charge in [0.15, 0.2) is 0 Å². The summed E-state index contributed by atoms with van der Waals surface area (Å²) in [5, 5.41) is 0. The van der Waals surface area contributed by atoms with Crippen LogP contribution in [0.3, 0.4) is 0 Å². The quantitative estimate of drug-likeness (QED) is 0.804. The third-order valence-corrected chi connectivity index (χ3v) is 4.27. The zero-order chi connectivity index (χ0) is 18.4. The van der Waals surface area contributed by atoms with Gasteiger partial charge in [-0.25, -0.2) is 9.37 Å². The topological polar surface area (TPSA) is 87.2 Å². The maximum atomic E-state index is 12.9. The van der Waals surface area contributed by atoms with Crippen LogP contribution in [0.5, 0.6) is 0 Å². The fraction of sp³-hybridized carbons (Fsp3) is 0.333. The number of nitrogens with zero attached hydrogens (tertiary/aromatic N) is 3. The lowest BCUT2D eigenvalue weighted by Crippen LogP contribution is -2.49. The maximum Gasteiger partial charge on any atom is 0.243 e. The molecule has 2 heterocycles. The van der Waals surface area contributed by atoms with Gasteiger partial charge in [-0.05, 0) is 30.5 Å². The molecule has 0 radical (unpaired) electrons. The summed E-state index contributed by atoms with van der Waals surface area (Å²) in [5.41, 5.74) is 5.57. The molecule has 1 aliphatic rings. The van der Waals surface area contributed by atoms with Crippen molar-refractivity contribution in [2.45, 2.75) is 19.3 Å². The van der Waals surface area contributed by atoms with Crippen molar-refractivity contribution in [1.29, 1.82) is 0 Å². The van der Waals surface area contributed by atoms with Gasteiger partial charge in [-0.3, -0.25) is 25.4 Å². The van der Waals surface area contributed by atoms with Crippen molar-refractivity contribution in [2.75, 3.05) is 18.0 Å². The summed E-state index contributed by atoms with van der Waals surface area (Å²) in [6.07, 6.45) is 6.57. The van der Waals surface area contributed by atoms with Crippen molar-refractivity contribution in [2.24, 2.45) is 5.92 Å². The molecule has 3 rings (SSSR count). The maximum absolute atomic E-state index is 12.9. The average Bonchev–Trinajstić information content (AvgIpc) is 2.69. The van der Waals surface area contributed by atoms with Crippen molar-refractivity contribution in [3.63, 3.8) is 0 Å². The lowest BCUT2D eigenvalue weighted by Gasteiger charge is -2.32. The van der Waals surface area contributed by atoms with E-state index in [1.54, 1.807) is 18.6 Å². The van der Waals surface area contributed by atoms with Gasteiger partial charge in [0, 0.05) is 25.5 Å². The smallest absolute Gasteiger partial charge is 0.243 e. The van der Waals surface area contributed by atoms with Gasteiger partial charge in [0.25, 0.3) is 0 Å². The summed E-state index contributed by atoms with van der Waals surface area (Å²) < 4.78 is 12.9. The lowest BCUT2D eigenvalue weighted by molar-refractivity contribution is -0.131. The van der Waals surface area contributed by atoms with Crippen LogP contribution in [0.1, 0.15) is 18.4 Å². The van der Waals surface area contributed by atoms with Crippen molar-refractivity contribution in [1.82, 2.24) is 20.8 Å². The summed E-state index contributed by atoms with van der Waals surface area (Å²) in [6.45, 7) is 1.34. The number of piperidine rings is 1. The minimum absolute atomic E-state index is 0.0664. The van der Waals surface area contributed by atoms with Crippen LogP contribution < -0.4 is 15.8 Å². The normalized spacial score (nSPS) is 16.8. The van der Waals surface area contributed by atoms with Crippen molar-refractivity contribution >= 4 is 17.6 Å². The number of halogens is 1. The molecule has 0 spiro atoms. The minimum atomic E-state index is -0.355. The zero-order valence-corrected chi connectivity index (χ0v) is 14.2. The highest BCUT2D eigenvalue weighted by Crippen LogP contribution is 2.20. The van der Waals surface area contributed by atoms with E-state index in [0.29, 0.717) is 12.1 Å². The van der Waals surface area contributed by atoms with E-state index in [-0.39, 0.29) is 30.0 Å². The minimum Gasteiger partial charge on any atom is -0.355 e. The number of aromatic nitrogens is 2. The predicted octanol–water partition coefficient (Wildman–Crippen LogP) is 1.22. The Bertz CT molecular complexity index is 754. The van der Waals surface area contributed by atoms with Crippen LogP contribution in [0.2, 0.25) is 0 Å². The molecular formula is C18H20FN5O2. The number of nitrogens with one attached hydrogen (secondary N) is 2. The van der Waals surface area contributed by atoms with Crippen LogP contribution in [0.4, 0.5) is 10.2 Å². The molecular weight excluding hydrogens is 337 g/mol. The fourth-order valence-electron chi connectivity index (χ4n) is 2.92. The van der Waals surface area contributed by atoms with Crippen molar-refractivity contribution in [3.05, 3.63) is 54.2 Å². The number of hydrogen-bond acceptors (Lipinski definition) is 5. The molecule has 1 saturated heterocycles. The molecule has 1 aliphatic heterocycles. The van der Waals surface area contributed by atoms with Gasteiger partial charge in [-0.15, -0.1) is 0 Å². The van der Waals surface area contributed by atoms with Gasteiger partial charge in [-0.2, -0.15) is 0 Å². The van der Waals surface area contributed by atoms with E-state index in [9.17, 15) is 14.0 Å². The number of amides is 2. The number of hydrazine groups is 1. The van der Waals surface area contributed by atoms with Crippen molar-refractivity contribution in [3.8, 4) is 0 Å². The Hall–Kier alpha value is -3.03. The summed E-state index contributed by atoms with van der Waals surface area (Å²) >= 11 is 0. The molecule has 0 bridgehead atoms. The van der Waals surface area contributed by atoms with Crippen LogP contribution in [0, 0.1) is 11.7 Å². The number of rotatable bonds is 4. The number of carbonyl (C=O) groups excluding carboxylic acids is 2. The van der Waals surface area contributed by atoms with Crippen LogP contribution >= 0.6 is 0 Å². The molecule has 1 aromatic heterocycles. The largest absolute Gasteiger partial charge is 0.355 e. The number of carbonyl (C=O) groups is 2. The Morgan fingerprint density at radius 3 is 2.73 bits per heavy atom. The molecule has 0 saturated carbocycles. The number of benzene rings is 1. The Morgan fingerprint density at radius 2 is 2.00 bits per heavy atom. The molecule has 136 valence electrons. The van der Waals surface area contributed by atoms with Gasteiger partial charge in [0.05, 0.1) is 18.5 Å². The van der Waals surface area contributed by atoms with Gasteiger partial charge < -0.3 is 4.90 Å². The van der Waals surface area contributed by atoms with E-state index in [1.807, 2.05) is 4.90 Å². The summed E-state index contributed by atoms with van der Waals surface area (Å²) in [4.78, 5) is 34.6. The average molecular weight is 357 g/mol. The van der Waals surface area contributed by atoms with Gasteiger partial charge >= 0.3 is 0 Å². The summed E-state index contributed by atoms with van der Waals surface area (Å²) in [5.74, 6) is -0.438. The highest BCUT2D eigenvalue weighted by Gasteiger charge is 2.26. The lowest BCUT2D eigenvalue weighted by atomic mass is 9.97. The molecule has 1 aromatic carbocycles. The molecule has 1 fully saturated rings. The Balaban J connectivity index is 1.48. The Kier molecular flexibility index (Phi) is 5.73. The Labute approximate surface area is 150 Å². The first-order chi connectivity index (χ1) is 12.6. The van der Waals surface area contributed by atoms with E-state index in [1.165, 1.54) is 24.3 Å². The summed E-state index contributed by atoms with van der Waals surface area (Å²) in [7, 11) is 0. The SMILES string of the molecule is O=C(Cc1ccc(F)cc1)NNC(=O)C1CCCN(c2cnccn2)C1. The van der Waals surface area contributed by atoms with E-state index < -0.39 is 0 Å². The number of hydrogen-bond donors (Lipinski definition) is 2. The molecule has 26 heavy (non-hydrogen) atoms. The third kappa shape index (κ3) is 4.75. The van der Waals surface area contributed by atoms with Crippen LogP contribution in [-0.4, -0.2) is 34.9 Å². The highest BCUT2D eigenvalue weighted by atomic mass is 19.1. The molecule has 2 amide bonds. The fourth-order valence-corrected chi connectivity index (χ4v) is 2.92. The molecule has 8 heteroatoms. The third-order valence-electron chi connectivity index (χ3n) is 4.27. The number of anilines is 1. The first kappa shape index (κ1) is 17.8. The van der Waals surface area contributed by atoms with E-state index in [2.05, 4.69) is 20.8 Å². The first-order valence-electron chi connectivity index (χ1n) is 8.46. The second-order valence-corrected chi connectivity index (χ2v) is 6.19. The van der Waals surface area contributed by atoms with E-state index >= 15 is 0 Å². The molecule has 2 N–H and O–H groups in total. The Morgan fingerprint density at radius 1 is 1.19 bits per heavy atom. The summed E-state index contributed by atoms with van der Waals surface area (Å²) in [6, 6.07) is 5.67. The molecule has 7 nitrogen and oxygen atoms in total. The van der Waals surface area contributed by atoms with Gasteiger partial charge in [-0.1, -0.05) is 12.1 Å². The molecule has 2 aromatic rings. The molecule has 1 unspecified atom stereocenters. The van der Waals surface area contributed by atoms with E-state index in [4.69, 9.17) is 0 Å². The van der Waals surface area contributed by atoms with Crippen LogP contribution in [0.25, 0.3) is 0 Å². The molecule has 0 aliphatic carbocycles.